The molecule has 0 unspecified atom stereocenters. The fourth-order valence-corrected chi connectivity index (χ4v) is 1.77. The minimum Gasteiger partial charge on any atom is -0.496 e. The quantitative estimate of drug-likeness (QED) is 0.754. The van der Waals surface area contributed by atoms with Gasteiger partial charge in [-0.05, 0) is 19.1 Å². The van der Waals surface area contributed by atoms with Gasteiger partial charge in [0.2, 0.25) is 5.91 Å². The average Bonchev–Trinajstić information content (AvgIpc) is 2.35. The molecule has 1 aromatic rings. The Morgan fingerprint density at radius 1 is 1.26 bits per heavy atom. The third-order valence-corrected chi connectivity index (χ3v) is 2.65. The summed E-state index contributed by atoms with van der Waals surface area (Å²) in [5.74, 6) is -0.383. The number of benzene rings is 1. The highest BCUT2D eigenvalue weighted by Gasteiger charge is 2.13. The average molecular weight is 267 g/mol. The van der Waals surface area contributed by atoms with Crippen molar-refractivity contribution >= 4 is 11.9 Å². The lowest BCUT2D eigenvalue weighted by molar-refractivity contribution is -0.140. The first kappa shape index (κ1) is 14.8. The number of nitrogens with one attached hydrogen (secondary N) is 1. The van der Waals surface area contributed by atoms with Crippen LogP contribution in [0.5, 0.6) is 11.5 Å². The van der Waals surface area contributed by atoms with E-state index in [9.17, 15) is 9.59 Å². The molecule has 1 rings (SSSR count). The number of carboxylic acid groups (broad SMARTS) is 1. The third kappa shape index (κ3) is 3.87. The highest BCUT2D eigenvalue weighted by atomic mass is 16.5. The fraction of sp³-hybridized carbons (Fsp3) is 0.385. The molecule has 0 bridgehead atoms. The first-order valence-corrected chi connectivity index (χ1v) is 5.68. The number of methoxy groups -OCH3 is 2. The predicted octanol–water partition coefficient (Wildman–Crippen LogP) is 1.10. The molecule has 0 saturated heterocycles. The van der Waals surface area contributed by atoms with Crippen molar-refractivity contribution in [3.63, 3.8) is 0 Å². The fourth-order valence-electron chi connectivity index (χ4n) is 1.77. The van der Waals surface area contributed by atoms with Crippen LogP contribution in [0.2, 0.25) is 0 Å². The van der Waals surface area contributed by atoms with Gasteiger partial charge in [-0.1, -0.05) is 0 Å². The van der Waals surface area contributed by atoms with Crippen molar-refractivity contribution in [2.24, 2.45) is 0 Å². The van der Waals surface area contributed by atoms with Crippen LogP contribution in [0.25, 0.3) is 0 Å². The number of ether oxygens (including phenoxy) is 2. The molecule has 0 spiro atoms. The first-order valence-electron chi connectivity index (χ1n) is 5.68. The van der Waals surface area contributed by atoms with E-state index in [0.717, 1.165) is 11.1 Å². The van der Waals surface area contributed by atoms with E-state index in [1.165, 1.54) is 7.11 Å². The summed E-state index contributed by atoms with van der Waals surface area (Å²) < 4.78 is 10.5. The number of hydrogen-bond acceptors (Lipinski definition) is 4. The topological polar surface area (TPSA) is 84.9 Å². The van der Waals surface area contributed by atoms with Crippen molar-refractivity contribution < 1.29 is 24.2 Å². The zero-order valence-corrected chi connectivity index (χ0v) is 11.1. The number of carbonyl (C=O) groups excluding carboxylic acids is 1. The summed E-state index contributed by atoms with van der Waals surface area (Å²) in [5.41, 5.74) is 1.59. The first-order chi connectivity index (χ1) is 8.99. The Kier molecular flexibility index (Phi) is 5.17. The van der Waals surface area contributed by atoms with Crippen LogP contribution in [0.15, 0.2) is 12.1 Å². The van der Waals surface area contributed by atoms with E-state index in [1.54, 1.807) is 19.2 Å². The maximum Gasteiger partial charge on any atom is 0.312 e. The van der Waals surface area contributed by atoms with Gasteiger partial charge < -0.3 is 19.9 Å². The third-order valence-electron chi connectivity index (χ3n) is 2.65. The molecule has 0 saturated carbocycles. The molecular weight excluding hydrogens is 250 g/mol. The highest BCUT2D eigenvalue weighted by molar-refractivity contribution is 5.93. The highest BCUT2D eigenvalue weighted by Crippen LogP contribution is 2.31. The summed E-state index contributed by atoms with van der Waals surface area (Å²) in [5, 5.41) is 11.0. The van der Waals surface area contributed by atoms with Gasteiger partial charge >= 0.3 is 5.97 Å². The van der Waals surface area contributed by atoms with Gasteiger partial charge in [-0.15, -0.1) is 0 Å². The second-order valence-corrected chi connectivity index (χ2v) is 3.93. The molecule has 0 radical (unpaired) electrons. The summed E-state index contributed by atoms with van der Waals surface area (Å²) in [6.07, 6.45) is -0.544. The van der Waals surface area contributed by atoms with Gasteiger partial charge in [0, 0.05) is 17.7 Å². The Hall–Kier alpha value is -2.24. The summed E-state index contributed by atoms with van der Waals surface area (Å²) >= 11 is 0. The lowest BCUT2D eigenvalue weighted by Crippen LogP contribution is -2.25. The maximum atomic E-state index is 11.3. The molecule has 0 aliphatic carbocycles. The van der Waals surface area contributed by atoms with Gasteiger partial charge in [-0.3, -0.25) is 9.59 Å². The van der Waals surface area contributed by atoms with Crippen LogP contribution in [0.4, 0.5) is 0 Å². The molecule has 0 aliphatic heterocycles. The zero-order valence-electron chi connectivity index (χ0n) is 11.1. The Morgan fingerprint density at radius 2 is 1.95 bits per heavy atom. The second-order valence-electron chi connectivity index (χ2n) is 3.93. The number of hydrogen-bond donors (Lipinski definition) is 2. The van der Waals surface area contributed by atoms with Crippen molar-refractivity contribution in [2.45, 2.75) is 19.9 Å². The Labute approximate surface area is 111 Å². The molecule has 1 amide bonds. The summed E-state index contributed by atoms with van der Waals surface area (Å²) in [7, 11) is 3.10. The van der Waals surface area contributed by atoms with E-state index in [0.29, 0.717) is 11.5 Å². The van der Waals surface area contributed by atoms with Crippen LogP contribution in [-0.2, 0) is 16.1 Å². The monoisotopic (exact) mass is 267 g/mol. The minimum absolute atomic E-state index is 0.208. The normalized spacial score (nSPS) is 9.84. The summed E-state index contributed by atoms with van der Waals surface area (Å²) in [4.78, 5) is 21.7. The van der Waals surface area contributed by atoms with Crippen LogP contribution in [-0.4, -0.2) is 31.2 Å². The largest absolute Gasteiger partial charge is 0.496 e. The lowest BCUT2D eigenvalue weighted by atomic mass is 10.1. The van der Waals surface area contributed by atoms with Gasteiger partial charge in [-0.25, -0.2) is 0 Å². The van der Waals surface area contributed by atoms with E-state index in [4.69, 9.17) is 14.6 Å². The second kappa shape index (κ2) is 6.63. The van der Waals surface area contributed by atoms with Gasteiger partial charge in [0.15, 0.2) is 0 Å². The van der Waals surface area contributed by atoms with Crippen molar-refractivity contribution in [3.8, 4) is 11.5 Å². The maximum absolute atomic E-state index is 11.3. The minimum atomic E-state index is -1.16. The molecule has 0 heterocycles. The number of rotatable bonds is 6. The van der Waals surface area contributed by atoms with Crippen molar-refractivity contribution in [3.05, 3.63) is 23.3 Å². The summed E-state index contributed by atoms with van der Waals surface area (Å²) in [6, 6.07) is 3.54. The van der Waals surface area contributed by atoms with Crippen LogP contribution in [0, 0.1) is 6.92 Å². The van der Waals surface area contributed by atoms with Crippen LogP contribution >= 0.6 is 0 Å². The molecule has 2 N–H and O–H groups in total. The van der Waals surface area contributed by atoms with Crippen LogP contribution < -0.4 is 14.8 Å². The number of aliphatic carboxylic acids is 1. The van der Waals surface area contributed by atoms with Crippen LogP contribution in [0.1, 0.15) is 17.5 Å². The molecule has 104 valence electrons. The van der Waals surface area contributed by atoms with Crippen molar-refractivity contribution in [2.75, 3.05) is 14.2 Å². The molecule has 0 aromatic heterocycles. The standard InChI is InChI=1S/C13H17NO5/c1-8-10(18-2)5-4-9(13(8)19-3)7-14-11(15)6-12(16)17/h4-5H,6-7H2,1-3H3,(H,14,15)(H,16,17). The number of carbonyl (C=O) groups is 2. The Balaban J connectivity index is 2.81. The molecule has 19 heavy (non-hydrogen) atoms. The van der Waals surface area contributed by atoms with Gasteiger partial charge in [0.05, 0.1) is 14.2 Å². The molecule has 0 aliphatic rings. The van der Waals surface area contributed by atoms with Crippen molar-refractivity contribution in [1.82, 2.24) is 5.32 Å². The lowest BCUT2D eigenvalue weighted by Gasteiger charge is -2.14. The predicted molar refractivity (Wildman–Crippen MR) is 68.4 cm³/mol. The smallest absolute Gasteiger partial charge is 0.312 e. The van der Waals surface area contributed by atoms with Gasteiger partial charge in [0.25, 0.3) is 0 Å². The molecule has 6 nitrogen and oxygen atoms in total. The molecule has 0 atom stereocenters. The Morgan fingerprint density at radius 3 is 2.47 bits per heavy atom. The van der Waals surface area contributed by atoms with E-state index in [-0.39, 0.29) is 6.54 Å². The van der Waals surface area contributed by atoms with Gasteiger partial charge in [-0.2, -0.15) is 0 Å². The molecular formula is C13H17NO5. The number of amides is 1. The molecule has 0 fully saturated rings. The van der Waals surface area contributed by atoms with E-state index >= 15 is 0 Å². The van der Waals surface area contributed by atoms with E-state index < -0.39 is 18.3 Å². The molecule has 1 aromatic carbocycles. The van der Waals surface area contributed by atoms with Crippen LogP contribution in [0.3, 0.4) is 0 Å². The Bertz CT molecular complexity index is 484. The van der Waals surface area contributed by atoms with Crippen molar-refractivity contribution in [1.29, 1.82) is 0 Å². The number of carboxylic acids is 1. The van der Waals surface area contributed by atoms with E-state index in [1.807, 2.05) is 6.92 Å². The van der Waals surface area contributed by atoms with E-state index in [2.05, 4.69) is 5.32 Å². The SMILES string of the molecule is COc1ccc(CNC(=O)CC(=O)O)c(OC)c1C. The zero-order chi connectivity index (χ0) is 14.4. The summed E-state index contributed by atoms with van der Waals surface area (Å²) in [6.45, 7) is 2.06. The molecule has 6 heteroatoms. The van der Waals surface area contributed by atoms with Gasteiger partial charge in [0.1, 0.15) is 17.9 Å².